The number of piperazine rings is 1. The fourth-order valence-corrected chi connectivity index (χ4v) is 3.33. The first-order chi connectivity index (χ1) is 14.4. The third kappa shape index (κ3) is 6.29. The Bertz CT molecular complexity index is 862. The minimum atomic E-state index is -0.337. The number of carbonyl (C=O) groups excluding carboxylic acids is 2. The van der Waals surface area contributed by atoms with Gasteiger partial charge in [0.2, 0.25) is 0 Å². The second-order valence-electron chi connectivity index (χ2n) is 8.01. The van der Waals surface area contributed by atoms with Gasteiger partial charge in [0, 0.05) is 11.3 Å². The average Bonchev–Trinajstić information content (AvgIpc) is 2.74. The number of halogens is 1. The largest absolute Gasteiger partial charge is 0.493 e. The molecule has 0 unspecified atom stereocenters. The zero-order valence-corrected chi connectivity index (χ0v) is 17.5. The molecule has 160 valence electrons. The van der Waals surface area contributed by atoms with Crippen molar-refractivity contribution in [1.82, 2.24) is 4.90 Å². The number of carbonyl (C=O) groups is 2. The molecule has 0 atom stereocenters. The summed E-state index contributed by atoms with van der Waals surface area (Å²) >= 11 is 0. The molecule has 7 heteroatoms. The van der Waals surface area contributed by atoms with Crippen molar-refractivity contribution in [2.45, 2.75) is 13.8 Å². The van der Waals surface area contributed by atoms with Crippen molar-refractivity contribution in [3.63, 3.8) is 0 Å². The van der Waals surface area contributed by atoms with Crippen LogP contribution in [-0.2, 0) is 4.79 Å². The van der Waals surface area contributed by atoms with Crippen LogP contribution in [0.3, 0.4) is 0 Å². The number of anilines is 1. The van der Waals surface area contributed by atoms with Gasteiger partial charge in [0.05, 0.1) is 32.8 Å². The summed E-state index contributed by atoms with van der Waals surface area (Å²) in [7, 11) is 0. The van der Waals surface area contributed by atoms with Crippen molar-refractivity contribution in [2.24, 2.45) is 5.92 Å². The van der Waals surface area contributed by atoms with E-state index < -0.39 is 0 Å². The Morgan fingerprint density at radius 1 is 1.13 bits per heavy atom. The molecule has 30 heavy (non-hydrogen) atoms. The summed E-state index contributed by atoms with van der Waals surface area (Å²) in [5, 5.41) is 2.78. The Hall–Kier alpha value is -2.93. The van der Waals surface area contributed by atoms with E-state index in [9.17, 15) is 14.0 Å². The highest BCUT2D eigenvalue weighted by atomic mass is 19.1. The normalized spacial score (nSPS) is 14.6. The molecule has 6 nitrogen and oxygen atoms in total. The third-order valence-electron chi connectivity index (χ3n) is 4.96. The van der Waals surface area contributed by atoms with Gasteiger partial charge in [-0.2, -0.15) is 0 Å². The number of rotatable bonds is 7. The maximum absolute atomic E-state index is 13.0. The molecule has 0 saturated carbocycles. The van der Waals surface area contributed by atoms with Gasteiger partial charge in [0.1, 0.15) is 11.6 Å². The van der Waals surface area contributed by atoms with E-state index in [4.69, 9.17) is 4.74 Å². The second-order valence-corrected chi connectivity index (χ2v) is 8.01. The molecular formula is C23H29FN3O3+. The van der Waals surface area contributed by atoms with E-state index in [1.54, 1.807) is 12.1 Å². The van der Waals surface area contributed by atoms with Crippen LogP contribution in [0.1, 0.15) is 24.2 Å². The predicted octanol–water partition coefficient (Wildman–Crippen LogP) is 1.84. The lowest BCUT2D eigenvalue weighted by molar-refractivity contribution is -0.895. The molecule has 2 aromatic carbocycles. The van der Waals surface area contributed by atoms with Gasteiger partial charge in [-0.05, 0) is 48.4 Å². The highest BCUT2D eigenvalue weighted by Gasteiger charge is 2.26. The lowest BCUT2D eigenvalue weighted by atomic mass is 10.1. The minimum absolute atomic E-state index is 0.0141. The summed E-state index contributed by atoms with van der Waals surface area (Å²) in [5.41, 5.74) is 1.20. The Kier molecular flexibility index (Phi) is 7.41. The van der Waals surface area contributed by atoms with Crippen LogP contribution in [0.4, 0.5) is 10.1 Å². The maximum Gasteiger partial charge on any atom is 0.279 e. The van der Waals surface area contributed by atoms with Crippen LogP contribution in [0.15, 0.2) is 48.5 Å². The van der Waals surface area contributed by atoms with E-state index >= 15 is 0 Å². The molecule has 2 N–H and O–H groups in total. The van der Waals surface area contributed by atoms with Crippen molar-refractivity contribution in [3.05, 3.63) is 59.9 Å². The molecule has 1 aliphatic rings. The van der Waals surface area contributed by atoms with Crippen LogP contribution < -0.4 is 15.0 Å². The number of nitrogens with one attached hydrogen (secondary N) is 2. The number of nitrogens with zero attached hydrogens (tertiary/aromatic N) is 1. The van der Waals surface area contributed by atoms with E-state index in [-0.39, 0.29) is 17.6 Å². The zero-order chi connectivity index (χ0) is 21.5. The first kappa shape index (κ1) is 21.8. The third-order valence-corrected chi connectivity index (χ3v) is 4.96. The molecular weight excluding hydrogens is 385 g/mol. The smallest absolute Gasteiger partial charge is 0.279 e. The monoisotopic (exact) mass is 414 g/mol. The molecule has 0 bridgehead atoms. The van der Waals surface area contributed by atoms with Gasteiger partial charge in [0.15, 0.2) is 6.54 Å². The molecule has 1 fully saturated rings. The Morgan fingerprint density at radius 3 is 2.50 bits per heavy atom. The number of amides is 2. The van der Waals surface area contributed by atoms with Crippen LogP contribution >= 0.6 is 0 Å². The van der Waals surface area contributed by atoms with E-state index in [1.165, 1.54) is 24.3 Å². The Labute approximate surface area is 176 Å². The standard InChI is InChI=1S/C23H28FN3O3/c1-17(2)16-30-21-5-3-4-18(14-21)23(29)27-12-10-26(11-13-27)15-22(28)25-20-8-6-19(24)7-9-20/h3-9,14,17H,10-13,15-16H2,1-2H3,(H,25,28)/p+1. The molecule has 0 radical (unpaired) electrons. The SMILES string of the molecule is CC(C)COc1cccc(C(=O)N2CC[NH+](CC(=O)Nc3ccc(F)cc3)CC2)c1. The van der Waals surface area contributed by atoms with E-state index in [0.717, 1.165) is 4.90 Å². The van der Waals surface area contributed by atoms with Crippen molar-refractivity contribution in [1.29, 1.82) is 0 Å². The lowest BCUT2D eigenvalue weighted by Gasteiger charge is -2.32. The van der Waals surface area contributed by atoms with Crippen LogP contribution in [0.25, 0.3) is 0 Å². The van der Waals surface area contributed by atoms with E-state index in [1.807, 2.05) is 17.0 Å². The van der Waals surface area contributed by atoms with Gasteiger partial charge in [-0.1, -0.05) is 19.9 Å². The molecule has 1 heterocycles. The molecule has 0 aromatic heterocycles. The highest BCUT2D eigenvalue weighted by molar-refractivity contribution is 5.94. The van der Waals surface area contributed by atoms with Crippen molar-refractivity contribution < 1.29 is 23.6 Å². The first-order valence-corrected chi connectivity index (χ1v) is 10.3. The number of hydrogen-bond donors (Lipinski definition) is 2. The molecule has 0 spiro atoms. The van der Waals surface area contributed by atoms with Crippen molar-refractivity contribution in [3.8, 4) is 5.75 Å². The molecule has 1 saturated heterocycles. The summed E-state index contributed by atoms with van der Waals surface area (Å²) < 4.78 is 18.7. The van der Waals surface area contributed by atoms with E-state index in [0.29, 0.717) is 62.2 Å². The summed E-state index contributed by atoms with van der Waals surface area (Å²) in [6.07, 6.45) is 0. The van der Waals surface area contributed by atoms with Gasteiger partial charge in [-0.25, -0.2) is 4.39 Å². The van der Waals surface area contributed by atoms with Gasteiger partial charge >= 0.3 is 0 Å². The molecule has 2 amide bonds. The van der Waals surface area contributed by atoms with Crippen LogP contribution in [0.2, 0.25) is 0 Å². The van der Waals surface area contributed by atoms with Gasteiger partial charge < -0.3 is 19.9 Å². The topological polar surface area (TPSA) is 63.1 Å². The van der Waals surface area contributed by atoms with Crippen LogP contribution in [0, 0.1) is 11.7 Å². The Balaban J connectivity index is 1.47. The molecule has 3 rings (SSSR count). The summed E-state index contributed by atoms with van der Waals surface area (Å²) in [6.45, 7) is 7.67. The lowest BCUT2D eigenvalue weighted by Crippen LogP contribution is -3.15. The summed E-state index contributed by atoms with van der Waals surface area (Å²) in [5.74, 6) is 0.652. The average molecular weight is 415 g/mol. The number of benzene rings is 2. The molecule has 2 aromatic rings. The number of quaternary nitrogens is 1. The van der Waals surface area contributed by atoms with Crippen molar-refractivity contribution >= 4 is 17.5 Å². The fourth-order valence-electron chi connectivity index (χ4n) is 3.33. The van der Waals surface area contributed by atoms with Crippen LogP contribution in [-0.4, -0.2) is 56.0 Å². The zero-order valence-electron chi connectivity index (χ0n) is 17.5. The van der Waals surface area contributed by atoms with Crippen LogP contribution in [0.5, 0.6) is 5.75 Å². The Morgan fingerprint density at radius 2 is 1.83 bits per heavy atom. The summed E-state index contributed by atoms with van der Waals surface area (Å²) in [4.78, 5) is 28.0. The quantitative estimate of drug-likeness (QED) is 0.727. The number of hydrogen-bond acceptors (Lipinski definition) is 3. The van der Waals surface area contributed by atoms with Gasteiger partial charge in [0.25, 0.3) is 11.8 Å². The van der Waals surface area contributed by atoms with E-state index in [2.05, 4.69) is 19.2 Å². The predicted molar refractivity (Wildman–Crippen MR) is 113 cm³/mol. The highest BCUT2D eigenvalue weighted by Crippen LogP contribution is 2.16. The maximum atomic E-state index is 13.0. The molecule has 1 aliphatic heterocycles. The fraction of sp³-hybridized carbons (Fsp3) is 0.391. The van der Waals surface area contributed by atoms with Gasteiger partial charge in [-0.3, -0.25) is 9.59 Å². The van der Waals surface area contributed by atoms with Crippen molar-refractivity contribution in [2.75, 3.05) is 44.6 Å². The first-order valence-electron chi connectivity index (χ1n) is 10.3. The summed E-state index contributed by atoms with van der Waals surface area (Å²) in [6, 6.07) is 13.0. The second kappa shape index (κ2) is 10.2. The minimum Gasteiger partial charge on any atom is -0.493 e. The van der Waals surface area contributed by atoms with Gasteiger partial charge in [-0.15, -0.1) is 0 Å². The number of ether oxygens (including phenoxy) is 1. The molecule has 0 aliphatic carbocycles.